The van der Waals surface area contributed by atoms with Gasteiger partial charge in [0.1, 0.15) is 5.69 Å². The third-order valence-electron chi connectivity index (χ3n) is 14.1. The smallest absolute Gasteiger partial charge is 0.323 e. The highest BCUT2D eigenvalue weighted by Gasteiger charge is 2.85. The number of carbonyl (C=O) groups excluding carboxylic acids is 5. The van der Waals surface area contributed by atoms with E-state index < -0.39 is 67.0 Å². The molecule has 0 radical (unpaired) electrons. The van der Waals surface area contributed by atoms with Crippen LogP contribution in [0.5, 0.6) is 0 Å². The Balaban J connectivity index is 1.29. The molecule has 0 bridgehead atoms. The Bertz CT molecular complexity index is 1910. The maximum Gasteiger partial charge on any atom is 0.323 e. The molecule has 1 saturated heterocycles. The van der Waals surface area contributed by atoms with Crippen LogP contribution in [0.25, 0.3) is 0 Å². The number of aromatic amines is 2. The van der Waals surface area contributed by atoms with Gasteiger partial charge >= 0.3 is 5.69 Å². The number of Topliss-reactive ketones (excluding diaryl/α,β-unsaturated/α-hetero) is 2. The van der Waals surface area contributed by atoms with Crippen LogP contribution in [0.4, 0.5) is 0 Å². The molecular formula is C39H57N5O8S. The number of ketones is 2. The lowest BCUT2D eigenvalue weighted by molar-refractivity contribution is -0.146. The number of aromatic nitrogens is 2. The Morgan fingerprint density at radius 2 is 1.66 bits per heavy atom. The summed E-state index contributed by atoms with van der Waals surface area (Å²) in [5.74, 6) is -3.50. The number of sulfonamides is 1. The maximum atomic E-state index is 15.0. The van der Waals surface area contributed by atoms with Crippen LogP contribution in [0.1, 0.15) is 124 Å². The van der Waals surface area contributed by atoms with Crippen molar-refractivity contribution in [2.45, 2.75) is 131 Å². The van der Waals surface area contributed by atoms with Gasteiger partial charge in [-0.1, -0.05) is 67.9 Å². The van der Waals surface area contributed by atoms with Gasteiger partial charge in [0.05, 0.1) is 22.7 Å². The highest BCUT2D eigenvalue weighted by atomic mass is 32.2. The number of amides is 3. The fourth-order valence-corrected chi connectivity index (χ4v) is 11.5. The number of rotatable bonds is 13. The number of nitrogens with one attached hydrogen (secondary N) is 4. The number of allylic oxidation sites excluding steroid dienone is 1. The molecule has 0 unspecified atom stereocenters. The molecule has 6 rings (SSSR count). The minimum atomic E-state index is -3.84. The quantitative estimate of drug-likeness (QED) is 0.217. The van der Waals surface area contributed by atoms with Crippen molar-refractivity contribution in [1.82, 2.24) is 24.9 Å². The summed E-state index contributed by atoms with van der Waals surface area (Å²) < 4.78 is 27.8. The van der Waals surface area contributed by atoms with E-state index in [-0.39, 0.29) is 58.2 Å². The lowest BCUT2D eigenvalue weighted by atomic mass is 9.73. The van der Waals surface area contributed by atoms with Gasteiger partial charge < -0.3 is 20.2 Å². The highest BCUT2D eigenvalue weighted by molar-refractivity contribution is 7.90. The van der Waals surface area contributed by atoms with Gasteiger partial charge in [-0.25, -0.2) is 13.2 Å². The van der Waals surface area contributed by atoms with Crippen molar-refractivity contribution in [2.75, 3.05) is 6.54 Å². The van der Waals surface area contributed by atoms with Crippen LogP contribution in [0.15, 0.2) is 23.6 Å². The number of hydrogen-bond acceptors (Lipinski definition) is 8. The van der Waals surface area contributed by atoms with Crippen LogP contribution in [-0.4, -0.2) is 76.5 Å². The van der Waals surface area contributed by atoms with Crippen molar-refractivity contribution >= 4 is 39.3 Å². The molecule has 4 saturated carbocycles. The first-order valence-electron chi connectivity index (χ1n) is 19.0. The van der Waals surface area contributed by atoms with Gasteiger partial charge in [-0.05, 0) is 66.1 Å². The fraction of sp³-hybridized carbons (Fsp3) is 0.744. The summed E-state index contributed by atoms with van der Waals surface area (Å²) in [5, 5.41) is 2.17. The van der Waals surface area contributed by atoms with E-state index >= 15 is 4.79 Å². The van der Waals surface area contributed by atoms with Crippen LogP contribution >= 0.6 is 0 Å². The molecule has 2 heterocycles. The van der Waals surface area contributed by atoms with Gasteiger partial charge in [-0.3, -0.25) is 28.7 Å². The molecule has 1 aliphatic heterocycles. The largest absolute Gasteiger partial charge is 0.340 e. The number of fused-ring (bicyclic) bond motifs is 1. The molecule has 292 valence electrons. The van der Waals surface area contributed by atoms with Gasteiger partial charge in [0, 0.05) is 36.9 Å². The van der Waals surface area contributed by atoms with Crippen LogP contribution in [0, 0.1) is 44.3 Å². The Kier molecular flexibility index (Phi) is 9.23. The Morgan fingerprint density at radius 1 is 1.02 bits per heavy atom. The first kappa shape index (κ1) is 39.2. The Labute approximate surface area is 312 Å². The number of nitrogens with zero attached hydrogens (tertiary/aromatic N) is 1. The van der Waals surface area contributed by atoms with Crippen molar-refractivity contribution < 1.29 is 32.4 Å². The SMILES string of the molecule is C=C[C@@H]1C[C@]1(CC(=O)[C@@H]1C[C@@]2(CN1C(=O)[C@@H](CC(=O)[C@@H](NC(=O)c1c[nH]c(=O)[nH]1)C(C)(C)C)C(C)(C)C)C(C)(C)C21CCC1)C(=O)NS(=O)(=O)C1CC1. The first-order valence-corrected chi connectivity index (χ1v) is 20.6. The third kappa shape index (κ3) is 6.34. The zero-order valence-electron chi connectivity index (χ0n) is 32.4. The van der Waals surface area contributed by atoms with Crippen LogP contribution < -0.4 is 15.7 Å². The molecule has 3 amide bonds. The highest BCUT2D eigenvalue weighted by Crippen LogP contribution is 2.88. The molecule has 0 aromatic carbocycles. The van der Waals surface area contributed by atoms with E-state index in [4.69, 9.17) is 0 Å². The van der Waals surface area contributed by atoms with Crippen molar-refractivity contribution in [1.29, 1.82) is 0 Å². The van der Waals surface area contributed by atoms with Gasteiger partial charge in [-0.2, -0.15) is 0 Å². The summed E-state index contributed by atoms with van der Waals surface area (Å²) in [6, 6.07) is -1.84. The van der Waals surface area contributed by atoms with Crippen molar-refractivity contribution in [3.8, 4) is 0 Å². The van der Waals surface area contributed by atoms with Gasteiger partial charge in [-0.15, -0.1) is 6.58 Å². The second kappa shape index (κ2) is 12.5. The summed E-state index contributed by atoms with van der Waals surface area (Å²) in [4.78, 5) is 88.7. The number of likely N-dealkylation sites (tertiary alicyclic amines) is 1. The molecule has 6 atom stereocenters. The van der Waals surface area contributed by atoms with E-state index in [0.29, 0.717) is 32.2 Å². The molecule has 1 aromatic heterocycles. The van der Waals surface area contributed by atoms with E-state index in [1.165, 1.54) is 6.20 Å². The molecule has 4 N–H and O–H groups in total. The number of carbonyl (C=O) groups is 5. The summed E-state index contributed by atoms with van der Waals surface area (Å²) >= 11 is 0. The van der Waals surface area contributed by atoms with Crippen LogP contribution in [-0.2, 0) is 29.2 Å². The average molecular weight is 756 g/mol. The third-order valence-corrected chi connectivity index (χ3v) is 15.9. The topological polar surface area (TPSA) is 195 Å². The van der Waals surface area contributed by atoms with Gasteiger partial charge in [0.25, 0.3) is 5.91 Å². The number of imidazole rings is 1. The second-order valence-corrected chi connectivity index (χ2v) is 21.3. The van der Waals surface area contributed by atoms with Gasteiger partial charge in [0.2, 0.25) is 21.8 Å². The Morgan fingerprint density at radius 3 is 2.11 bits per heavy atom. The monoisotopic (exact) mass is 755 g/mol. The van der Waals surface area contributed by atoms with Crippen molar-refractivity contribution in [3.05, 3.63) is 35.0 Å². The Hall–Kier alpha value is -3.55. The molecule has 4 aliphatic carbocycles. The molecule has 2 spiro atoms. The predicted octanol–water partition coefficient (Wildman–Crippen LogP) is 4.03. The van der Waals surface area contributed by atoms with Crippen LogP contribution in [0.2, 0.25) is 0 Å². The number of H-pyrrole nitrogens is 2. The second-order valence-electron chi connectivity index (χ2n) is 19.4. The van der Waals surface area contributed by atoms with Gasteiger partial charge in [0.15, 0.2) is 11.6 Å². The molecular weight excluding hydrogens is 699 g/mol. The predicted molar refractivity (Wildman–Crippen MR) is 198 cm³/mol. The normalized spacial score (nSPS) is 29.5. The fourth-order valence-electron chi connectivity index (χ4n) is 10.2. The van der Waals surface area contributed by atoms with Crippen molar-refractivity contribution in [3.63, 3.8) is 0 Å². The molecule has 14 heteroatoms. The average Bonchev–Trinajstić information content (AvgIpc) is 3.95. The zero-order valence-corrected chi connectivity index (χ0v) is 33.3. The standard InChI is InChI=1S/C39H57N5O8S/c1-10-22-17-37(22,32(49)43-53(51,52)23-12-13-23)19-28(46)26-18-39(36(8,9)38(39)14-11-15-38)21-44(26)31(48)24(34(2,3)4)16-27(45)29(35(5,6)7)42-30(47)25-20-40-33(50)41-25/h10,20,22-24,26,29H,1,11-19,21H2,2-9H3,(H,42,47)(H,43,49)(H2,40,41,50)/t22-,24-,26+,29-,37-,39-/m1/s1. The lowest BCUT2D eigenvalue weighted by Crippen LogP contribution is -2.52. The zero-order chi connectivity index (χ0) is 39.3. The summed E-state index contributed by atoms with van der Waals surface area (Å²) in [7, 11) is -3.84. The summed E-state index contributed by atoms with van der Waals surface area (Å²) in [6.45, 7) is 19.7. The molecule has 5 fully saturated rings. The van der Waals surface area contributed by atoms with E-state index in [1.54, 1.807) is 11.0 Å². The van der Waals surface area contributed by atoms with Crippen molar-refractivity contribution in [2.24, 2.45) is 44.3 Å². The lowest BCUT2D eigenvalue weighted by Gasteiger charge is -2.37. The first-order chi connectivity index (χ1) is 24.4. The minimum absolute atomic E-state index is 0.00193. The number of hydrogen-bond donors (Lipinski definition) is 4. The molecule has 53 heavy (non-hydrogen) atoms. The molecule has 1 aromatic rings. The maximum absolute atomic E-state index is 15.0. The molecule has 5 aliphatic rings. The van der Waals surface area contributed by atoms with E-state index in [0.717, 1.165) is 19.3 Å². The minimum Gasteiger partial charge on any atom is -0.340 e. The van der Waals surface area contributed by atoms with Crippen LogP contribution in [0.3, 0.4) is 0 Å². The molecule has 13 nitrogen and oxygen atoms in total. The summed E-state index contributed by atoms with van der Waals surface area (Å²) in [5.41, 5.74) is -3.72. The van der Waals surface area contributed by atoms with E-state index in [1.807, 2.05) is 41.5 Å². The van der Waals surface area contributed by atoms with E-state index in [9.17, 15) is 32.4 Å². The summed E-state index contributed by atoms with van der Waals surface area (Å²) in [6.07, 6.45) is 7.24. The van der Waals surface area contributed by atoms with E-state index in [2.05, 4.69) is 40.4 Å².